The molecule has 3 aromatic heterocycles. The molecule has 6 nitrogen and oxygen atoms in total. The summed E-state index contributed by atoms with van der Waals surface area (Å²) < 4.78 is 9.41. The minimum absolute atomic E-state index is 0.405. The zero-order chi connectivity index (χ0) is 14.4. The van der Waals surface area contributed by atoms with Crippen molar-refractivity contribution < 1.29 is 4.52 Å². The van der Waals surface area contributed by atoms with Crippen molar-refractivity contribution in [2.45, 2.75) is 38.5 Å². The van der Waals surface area contributed by atoms with Crippen LogP contribution >= 0.6 is 22.9 Å². The highest BCUT2D eigenvalue weighted by molar-refractivity contribution is 7.10. The van der Waals surface area contributed by atoms with Gasteiger partial charge in [0.15, 0.2) is 0 Å². The van der Waals surface area contributed by atoms with Crippen LogP contribution in [0.1, 0.15) is 49.2 Å². The van der Waals surface area contributed by atoms with Gasteiger partial charge >= 0.3 is 0 Å². The molecule has 0 spiro atoms. The first kappa shape index (κ1) is 13.0. The average Bonchev–Trinajstić information content (AvgIpc) is 2.95. The van der Waals surface area contributed by atoms with E-state index in [1.807, 2.05) is 5.38 Å². The SMILES string of the molecule is CC(C)c1nc(-c2noc(-c3snnc3C3CC3)n2)cs1. The van der Waals surface area contributed by atoms with Crippen molar-refractivity contribution in [3.05, 3.63) is 16.1 Å². The van der Waals surface area contributed by atoms with Gasteiger partial charge in [-0.3, -0.25) is 0 Å². The molecule has 1 saturated carbocycles. The molecule has 0 N–H and O–H groups in total. The topological polar surface area (TPSA) is 77.6 Å². The third kappa shape index (κ3) is 2.38. The summed E-state index contributed by atoms with van der Waals surface area (Å²) in [5.41, 5.74) is 1.76. The molecule has 8 heteroatoms. The molecular weight excluding hydrogens is 306 g/mol. The van der Waals surface area contributed by atoms with Gasteiger partial charge in [-0.15, -0.1) is 16.4 Å². The molecule has 1 aliphatic rings. The van der Waals surface area contributed by atoms with E-state index in [1.54, 1.807) is 11.3 Å². The summed E-state index contributed by atoms with van der Waals surface area (Å²) in [7, 11) is 0. The fraction of sp³-hybridized carbons (Fsp3) is 0.462. The minimum Gasteiger partial charge on any atom is -0.333 e. The summed E-state index contributed by atoms with van der Waals surface area (Å²) in [6, 6.07) is 0. The first-order chi connectivity index (χ1) is 10.2. The molecule has 4 rings (SSSR count). The van der Waals surface area contributed by atoms with E-state index < -0.39 is 0 Å². The minimum atomic E-state index is 0.405. The lowest BCUT2D eigenvalue weighted by Gasteiger charge is -1.95. The molecule has 0 amide bonds. The Morgan fingerprint density at radius 2 is 2.14 bits per heavy atom. The number of thiazole rings is 1. The number of hydrogen-bond acceptors (Lipinski definition) is 8. The second-order valence-electron chi connectivity index (χ2n) is 5.41. The van der Waals surface area contributed by atoms with Gasteiger partial charge in [-0.05, 0) is 24.4 Å². The summed E-state index contributed by atoms with van der Waals surface area (Å²) in [5, 5.41) is 11.3. The summed E-state index contributed by atoms with van der Waals surface area (Å²) in [5.74, 6) is 1.95. The van der Waals surface area contributed by atoms with Crippen molar-refractivity contribution in [3.63, 3.8) is 0 Å². The maximum Gasteiger partial charge on any atom is 0.271 e. The average molecular weight is 319 g/mol. The van der Waals surface area contributed by atoms with Gasteiger partial charge in [-0.2, -0.15) is 4.98 Å². The number of hydrogen-bond donors (Lipinski definition) is 0. The molecular formula is C13H13N5OS2. The molecule has 3 aromatic rings. The fourth-order valence-corrected chi connectivity index (χ4v) is 3.53. The van der Waals surface area contributed by atoms with Gasteiger partial charge in [0.2, 0.25) is 5.82 Å². The molecule has 1 fully saturated rings. The fourth-order valence-electron chi connectivity index (χ4n) is 2.05. The largest absolute Gasteiger partial charge is 0.333 e. The van der Waals surface area contributed by atoms with E-state index >= 15 is 0 Å². The smallest absolute Gasteiger partial charge is 0.271 e. The van der Waals surface area contributed by atoms with Gasteiger partial charge in [-0.1, -0.05) is 23.5 Å². The monoisotopic (exact) mass is 319 g/mol. The van der Waals surface area contributed by atoms with Crippen molar-refractivity contribution in [3.8, 4) is 22.3 Å². The van der Waals surface area contributed by atoms with Gasteiger partial charge in [0, 0.05) is 17.2 Å². The third-order valence-electron chi connectivity index (χ3n) is 3.34. The number of nitrogens with zero attached hydrogens (tertiary/aromatic N) is 5. The zero-order valence-electron chi connectivity index (χ0n) is 11.6. The molecule has 0 aromatic carbocycles. The molecule has 0 bridgehead atoms. The van der Waals surface area contributed by atoms with Gasteiger partial charge in [-0.25, -0.2) is 4.98 Å². The van der Waals surface area contributed by atoms with E-state index in [0.717, 1.165) is 21.3 Å². The van der Waals surface area contributed by atoms with Gasteiger partial charge in [0.05, 0.1) is 10.7 Å². The van der Waals surface area contributed by atoms with Gasteiger partial charge in [0.1, 0.15) is 10.6 Å². The quantitative estimate of drug-likeness (QED) is 0.729. The summed E-state index contributed by atoms with van der Waals surface area (Å²) >= 11 is 2.94. The molecule has 0 radical (unpaired) electrons. The molecule has 0 saturated heterocycles. The van der Waals surface area contributed by atoms with E-state index in [9.17, 15) is 0 Å². The zero-order valence-corrected chi connectivity index (χ0v) is 13.2. The maximum atomic E-state index is 5.39. The molecule has 108 valence electrons. The van der Waals surface area contributed by atoms with Crippen LogP contribution in [0.3, 0.4) is 0 Å². The Morgan fingerprint density at radius 1 is 1.29 bits per heavy atom. The van der Waals surface area contributed by atoms with Crippen LogP contribution in [-0.4, -0.2) is 24.7 Å². The van der Waals surface area contributed by atoms with Crippen LogP contribution in [0.2, 0.25) is 0 Å². The Bertz CT molecular complexity index is 771. The van der Waals surface area contributed by atoms with Crippen molar-refractivity contribution in [2.75, 3.05) is 0 Å². The van der Waals surface area contributed by atoms with Crippen molar-refractivity contribution >= 4 is 22.9 Å². The standard InChI is InChI=1S/C13H13N5OS2/c1-6(2)13-14-8(5-20-13)11-15-12(19-17-11)10-9(7-3-4-7)16-18-21-10/h5-7H,3-4H2,1-2H3. The Hall–Kier alpha value is -1.67. The van der Waals surface area contributed by atoms with E-state index in [1.165, 1.54) is 24.4 Å². The van der Waals surface area contributed by atoms with Crippen molar-refractivity contribution in [1.82, 2.24) is 24.7 Å². The maximum absolute atomic E-state index is 5.39. The highest BCUT2D eigenvalue weighted by atomic mass is 32.1. The summed E-state index contributed by atoms with van der Waals surface area (Å²) in [6.07, 6.45) is 2.34. The number of aromatic nitrogens is 5. The Morgan fingerprint density at radius 3 is 2.86 bits per heavy atom. The predicted molar refractivity (Wildman–Crippen MR) is 80.4 cm³/mol. The van der Waals surface area contributed by atoms with E-state index in [2.05, 4.69) is 38.6 Å². The summed E-state index contributed by atoms with van der Waals surface area (Å²) in [4.78, 5) is 9.91. The Balaban J connectivity index is 1.67. The molecule has 0 aliphatic heterocycles. The molecule has 0 atom stereocenters. The van der Waals surface area contributed by atoms with Crippen molar-refractivity contribution in [2.24, 2.45) is 0 Å². The van der Waals surface area contributed by atoms with Crippen LogP contribution < -0.4 is 0 Å². The third-order valence-corrected chi connectivity index (χ3v) is 5.22. The van der Waals surface area contributed by atoms with Crippen molar-refractivity contribution in [1.29, 1.82) is 0 Å². The van der Waals surface area contributed by atoms with Crippen LogP contribution in [0.15, 0.2) is 9.90 Å². The first-order valence-corrected chi connectivity index (χ1v) is 8.50. The first-order valence-electron chi connectivity index (χ1n) is 6.84. The highest BCUT2D eigenvalue weighted by Crippen LogP contribution is 2.44. The van der Waals surface area contributed by atoms with Crippen LogP contribution in [0.5, 0.6) is 0 Å². The molecule has 3 heterocycles. The normalized spacial score (nSPS) is 15.0. The molecule has 21 heavy (non-hydrogen) atoms. The Kier molecular flexibility index (Phi) is 3.07. The Labute approximate surface area is 129 Å². The molecule has 1 aliphatic carbocycles. The van der Waals surface area contributed by atoms with E-state index in [0.29, 0.717) is 23.6 Å². The second kappa shape index (κ2) is 4.96. The van der Waals surface area contributed by atoms with E-state index in [-0.39, 0.29) is 0 Å². The lowest BCUT2D eigenvalue weighted by molar-refractivity contribution is 0.432. The van der Waals surface area contributed by atoms with Crippen LogP contribution in [0.4, 0.5) is 0 Å². The predicted octanol–water partition coefficient (Wildman–Crippen LogP) is 3.71. The molecule has 0 unspecified atom stereocenters. The van der Waals surface area contributed by atoms with Gasteiger partial charge < -0.3 is 4.52 Å². The van der Waals surface area contributed by atoms with Crippen LogP contribution in [-0.2, 0) is 0 Å². The highest BCUT2D eigenvalue weighted by Gasteiger charge is 2.31. The van der Waals surface area contributed by atoms with Crippen LogP contribution in [0.25, 0.3) is 22.3 Å². The van der Waals surface area contributed by atoms with Gasteiger partial charge in [0.25, 0.3) is 5.89 Å². The van der Waals surface area contributed by atoms with Crippen LogP contribution in [0, 0.1) is 0 Å². The van der Waals surface area contributed by atoms with E-state index in [4.69, 9.17) is 4.52 Å². The number of rotatable bonds is 4. The second-order valence-corrected chi connectivity index (χ2v) is 7.05. The summed E-state index contributed by atoms with van der Waals surface area (Å²) in [6.45, 7) is 4.24. The lowest BCUT2D eigenvalue weighted by atomic mass is 10.2. The lowest BCUT2D eigenvalue weighted by Crippen LogP contribution is -1.87.